The van der Waals surface area contributed by atoms with Crippen molar-refractivity contribution in [2.75, 3.05) is 0 Å². The molecule has 0 aliphatic rings. The van der Waals surface area contributed by atoms with E-state index in [1.807, 2.05) is 36.4 Å². The Balaban J connectivity index is 1.09. The van der Waals surface area contributed by atoms with Crippen LogP contribution in [0.15, 0.2) is 205 Å². The molecule has 266 valence electrons. The maximum absolute atomic E-state index is 6.74. The molecule has 0 fully saturated rings. The number of fused-ring (bicyclic) bond motifs is 6. The average Bonchev–Trinajstić information content (AvgIpc) is 3.68. The summed E-state index contributed by atoms with van der Waals surface area (Å²) in [5.41, 5.74) is 11.4. The van der Waals surface area contributed by atoms with Crippen LogP contribution in [0.2, 0.25) is 0 Å². The Labute approximate surface area is 329 Å². The summed E-state index contributed by atoms with van der Waals surface area (Å²) in [6, 6.07) is 69.9. The summed E-state index contributed by atoms with van der Waals surface area (Å²) in [4.78, 5) is 15.4. The summed E-state index contributed by atoms with van der Waals surface area (Å²) in [5.74, 6) is 1.85. The molecule has 4 nitrogen and oxygen atoms in total. The molecule has 57 heavy (non-hydrogen) atoms. The number of benzene rings is 9. The van der Waals surface area contributed by atoms with E-state index in [0.717, 1.165) is 71.7 Å². The Hall–Kier alpha value is -7.69. The monoisotopic (exact) mass is 727 g/mol. The second-order valence-electron chi connectivity index (χ2n) is 14.3. The van der Waals surface area contributed by atoms with Gasteiger partial charge in [-0.05, 0) is 61.7 Å². The fourth-order valence-corrected chi connectivity index (χ4v) is 8.16. The zero-order chi connectivity index (χ0) is 37.7. The highest BCUT2D eigenvalue weighted by Crippen LogP contribution is 2.43. The smallest absolute Gasteiger partial charge is 0.164 e. The minimum Gasteiger partial charge on any atom is -0.455 e. The van der Waals surface area contributed by atoms with Crippen LogP contribution in [0.5, 0.6) is 0 Å². The summed E-state index contributed by atoms with van der Waals surface area (Å²) in [6.07, 6.45) is 0. The quantitative estimate of drug-likeness (QED) is 0.171. The molecule has 0 unspecified atom stereocenters. The summed E-state index contributed by atoms with van der Waals surface area (Å²) < 4.78 is 6.74. The third kappa shape index (κ3) is 5.74. The number of hydrogen-bond donors (Lipinski definition) is 0. The molecule has 0 amide bonds. The molecule has 0 bridgehead atoms. The third-order valence-corrected chi connectivity index (χ3v) is 11.0. The largest absolute Gasteiger partial charge is 0.455 e. The van der Waals surface area contributed by atoms with E-state index in [1.54, 1.807) is 0 Å². The number of rotatable bonds is 6. The lowest BCUT2D eigenvalue weighted by Gasteiger charge is -2.12. The third-order valence-electron chi connectivity index (χ3n) is 11.0. The van der Waals surface area contributed by atoms with E-state index >= 15 is 0 Å². The van der Waals surface area contributed by atoms with Crippen molar-refractivity contribution in [3.63, 3.8) is 0 Å². The molecule has 9 aromatic carbocycles. The fourth-order valence-electron chi connectivity index (χ4n) is 8.16. The van der Waals surface area contributed by atoms with E-state index in [-0.39, 0.29) is 0 Å². The molecular formula is C53H33N3O. The van der Waals surface area contributed by atoms with Crippen LogP contribution in [0.1, 0.15) is 0 Å². The van der Waals surface area contributed by atoms with Gasteiger partial charge < -0.3 is 4.42 Å². The minimum atomic E-state index is 0.607. The van der Waals surface area contributed by atoms with Crippen LogP contribution in [-0.4, -0.2) is 15.0 Å². The summed E-state index contributed by atoms with van der Waals surface area (Å²) in [6.45, 7) is 0. The molecule has 2 heterocycles. The molecule has 0 aliphatic heterocycles. The molecule has 4 heteroatoms. The molecule has 0 aliphatic carbocycles. The lowest BCUT2D eigenvalue weighted by atomic mass is 9.93. The average molecular weight is 728 g/mol. The van der Waals surface area contributed by atoms with Crippen LogP contribution in [-0.2, 0) is 0 Å². The Morgan fingerprint density at radius 1 is 0.298 bits per heavy atom. The minimum absolute atomic E-state index is 0.607. The van der Waals surface area contributed by atoms with Gasteiger partial charge in [-0.15, -0.1) is 0 Å². The zero-order valence-corrected chi connectivity index (χ0v) is 30.8. The van der Waals surface area contributed by atoms with Gasteiger partial charge in [0.1, 0.15) is 11.2 Å². The highest BCUT2D eigenvalue weighted by molar-refractivity contribution is 6.22. The van der Waals surface area contributed by atoms with Crippen LogP contribution in [0.4, 0.5) is 0 Å². The van der Waals surface area contributed by atoms with E-state index in [0.29, 0.717) is 17.5 Å². The van der Waals surface area contributed by atoms with Crippen molar-refractivity contribution in [2.45, 2.75) is 0 Å². The molecule has 0 atom stereocenters. The first kappa shape index (κ1) is 32.7. The van der Waals surface area contributed by atoms with E-state index in [2.05, 4.69) is 164 Å². The molecule has 0 radical (unpaired) electrons. The lowest BCUT2D eigenvalue weighted by Crippen LogP contribution is -2.00. The van der Waals surface area contributed by atoms with Gasteiger partial charge >= 0.3 is 0 Å². The van der Waals surface area contributed by atoms with Crippen LogP contribution in [0.3, 0.4) is 0 Å². The fraction of sp³-hybridized carbons (Fsp3) is 0. The van der Waals surface area contributed by atoms with Crippen LogP contribution >= 0.6 is 0 Å². The van der Waals surface area contributed by atoms with Gasteiger partial charge in [0.25, 0.3) is 0 Å². The van der Waals surface area contributed by atoms with E-state index < -0.39 is 0 Å². The number of furan rings is 1. The topological polar surface area (TPSA) is 51.8 Å². The Kier molecular flexibility index (Phi) is 7.78. The second-order valence-corrected chi connectivity index (χ2v) is 14.3. The van der Waals surface area contributed by atoms with Crippen LogP contribution in [0.25, 0.3) is 111 Å². The van der Waals surface area contributed by atoms with Gasteiger partial charge in [0, 0.05) is 32.8 Å². The van der Waals surface area contributed by atoms with E-state index in [1.165, 1.54) is 21.9 Å². The van der Waals surface area contributed by atoms with Gasteiger partial charge in [0.2, 0.25) is 0 Å². The molecule has 11 aromatic rings. The van der Waals surface area contributed by atoms with Crippen LogP contribution in [0, 0.1) is 0 Å². The van der Waals surface area contributed by atoms with Gasteiger partial charge in [-0.2, -0.15) is 0 Å². The highest BCUT2D eigenvalue weighted by Gasteiger charge is 2.21. The predicted molar refractivity (Wildman–Crippen MR) is 235 cm³/mol. The molecule has 2 aromatic heterocycles. The van der Waals surface area contributed by atoms with Gasteiger partial charge in [-0.3, -0.25) is 0 Å². The SMILES string of the molecule is c1ccc(-c2ccc(-c3nc(-c4ccccc4)nc(-c4cc5c(oc6cccc(-c7ccc(-c8cccc9ccccc89)cc7)c65)c5ccccc45)n3)cc2)cc1. The van der Waals surface area contributed by atoms with Crippen molar-refractivity contribution in [3.05, 3.63) is 200 Å². The number of hydrogen-bond acceptors (Lipinski definition) is 4. The maximum Gasteiger partial charge on any atom is 0.164 e. The molecular weight excluding hydrogens is 695 g/mol. The standard InChI is InChI=1S/C53H33N3O/c1-3-13-34(14-4-1)35-25-31-40(32-26-35)52-54-51(39-16-5-2-6-17-39)55-53(56-52)46-33-47-49-43(23-12-24-48(49)57-50(47)45-21-10-9-20-44(45)46)38-29-27-37(28-30-38)42-22-11-18-36-15-7-8-19-41(36)42/h1-33H. The Morgan fingerprint density at radius 2 is 0.789 bits per heavy atom. The van der Waals surface area contributed by atoms with Gasteiger partial charge in [-0.25, -0.2) is 15.0 Å². The molecule has 0 saturated heterocycles. The molecule has 0 spiro atoms. The van der Waals surface area contributed by atoms with E-state index in [4.69, 9.17) is 19.4 Å². The number of aromatic nitrogens is 3. The van der Waals surface area contributed by atoms with Gasteiger partial charge in [0.15, 0.2) is 17.5 Å². The predicted octanol–water partition coefficient (Wildman–Crippen LogP) is 14.1. The van der Waals surface area contributed by atoms with Crippen molar-refractivity contribution in [1.82, 2.24) is 15.0 Å². The first-order valence-electron chi connectivity index (χ1n) is 19.2. The molecule has 11 rings (SSSR count). The summed E-state index contributed by atoms with van der Waals surface area (Å²) in [7, 11) is 0. The normalized spacial score (nSPS) is 11.5. The zero-order valence-electron chi connectivity index (χ0n) is 30.8. The van der Waals surface area contributed by atoms with Crippen molar-refractivity contribution in [2.24, 2.45) is 0 Å². The second kappa shape index (κ2) is 13.6. The van der Waals surface area contributed by atoms with Crippen molar-refractivity contribution >= 4 is 43.5 Å². The first-order valence-corrected chi connectivity index (χ1v) is 19.2. The molecule has 0 N–H and O–H groups in total. The summed E-state index contributed by atoms with van der Waals surface area (Å²) >= 11 is 0. The maximum atomic E-state index is 6.74. The lowest BCUT2D eigenvalue weighted by molar-refractivity contribution is 0.673. The van der Waals surface area contributed by atoms with Crippen LogP contribution < -0.4 is 0 Å². The Morgan fingerprint density at radius 3 is 1.53 bits per heavy atom. The van der Waals surface area contributed by atoms with E-state index in [9.17, 15) is 0 Å². The first-order chi connectivity index (χ1) is 28.2. The van der Waals surface area contributed by atoms with Gasteiger partial charge in [-0.1, -0.05) is 188 Å². The van der Waals surface area contributed by atoms with Crippen molar-refractivity contribution < 1.29 is 4.42 Å². The van der Waals surface area contributed by atoms with Gasteiger partial charge in [0.05, 0.1) is 0 Å². The molecule has 0 saturated carbocycles. The van der Waals surface area contributed by atoms with Crippen molar-refractivity contribution in [3.8, 4) is 67.5 Å². The number of nitrogens with zero attached hydrogens (tertiary/aromatic N) is 3. The summed E-state index contributed by atoms with van der Waals surface area (Å²) in [5, 5.41) is 6.58. The Bertz CT molecular complexity index is 3260. The highest BCUT2D eigenvalue weighted by atomic mass is 16.3. The van der Waals surface area contributed by atoms with Crippen molar-refractivity contribution in [1.29, 1.82) is 0 Å².